The summed E-state index contributed by atoms with van der Waals surface area (Å²) in [5.74, 6) is 3.13. The molecule has 0 saturated heterocycles. The minimum Gasteiger partial charge on any atom is -0.378 e. The number of anilines is 1. The summed E-state index contributed by atoms with van der Waals surface area (Å²) >= 11 is 0. The van der Waals surface area contributed by atoms with E-state index in [2.05, 4.69) is 66.3 Å². The van der Waals surface area contributed by atoms with Crippen LogP contribution >= 0.6 is 0 Å². The smallest absolute Gasteiger partial charge is 0.129 e. The molecule has 90 valence electrons. The fourth-order valence-corrected chi connectivity index (χ4v) is 1.80. The van der Waals surface area contributed by atoms with E-state index in [0.29, 0.717) is 0 Å². The SMILES string of the molecule is CN(C)c1ccc(C=CC#C[Si](C)(C)C)cc1. The maximum absolute atomic E-state index is 3.32. The summed E-state index contributed by atoms with van der Waals surface area (Å²) in [5, 5.41) is 0. The second-order valence-electron chi connectivity index (χ2n) is 5.34. The number of benzene rings is 1. The summed E-state index contributed by atoms with van der Waals surface area (Å²) in [4.78, 5) is 2.10. The zero-order valence-electron chi connectivity index (χ0n) is 11.4. The molecule has 0 aromatic heterocycles. The molecular weight excluding hydrogens is 222 g/mol. The molecule has 0 aliphatic rings. The van der Waals surface area contributed by atoms with Crippen LogP contribution in [0, 0.1) is 11.5 Å². The Morgan fingerprint density at radius 1 is 1.06 bits per heavy atom. The normalized spacial score (nSPS) is 11.1. The molecule has 1 rings (SSSR count). The molecular formula is C15H21NSi. The number of hydrogen-bond donors (Lipinski definition) is 0. The third-order valence-corrected chi connectivity index (χ3v) is 3.11. The van der Waals surface area contributed by atoms with Crippen molar-refractivity contribution in [2.24, 2.45) is 0 Å². The van der Waals surface area contributed by atoms with Gasteiger partial charge in [0.1, 0.15) is 8.07 Å². The Bertz CT molecular complexity index is 439. The number of allylic oxidation sites excluding steroid dienone is 1. The molecule has 0 amide bonds. The molecule has 0 aliphatic heterocycles. The quantitative estimate of drug-likeness (QED) is 0.566. The van der Waals surface area contributed by atoms with Crippen molar-refractivity contribution in [1.29, 1.82) is 0 Å². The van der Waals surface area contributed by atoms with Gasteiger partial charge in [0, 0.05) is 19.8 Å². The van der Waals surface area contributed by atoms with Crippen molar-refractivity contribution in [2.75, 3.05) is 19.0 Å². The van der Waals surface area contributed by atoms with Gasteiger partial charge in [-0.3, -0.25) is 0 Å². The van der Waals surface area contributed by atoms with Crippen molar-refractivity contribution in [3.05, 3.63) is 35.9 Å². The van der Waals surface area contributed by atoms with Gasteiger partial charge in [-0.05, 0) is 29.8 Å². The summed E-state index contributed by atoms with van der Waals surface area (Å²) in [6.45, 7) is 6.75. The molecule has 17 heavy (non-hydrogen) atoms. The predicted molar refractivity (Wildman–Crippen MR) is 80.9 cm³/mol. The lowest BCUT2D eigenvalue weighted by Crippen LogP contribution is -2.16. The van der Waals surface area contributed by atoms with Crippen molar-refractivity contribution in [2.45, 2.75) is 19.6 Å². The third kappa shape index (κ3) is 5.42. The van der Waals surface area contributed by atoms with Gasteiger partial charge in [0.25, 0.3) is 0 Å². The van der Waals surface area contributed by atoms with Gasteiger partial charge in [-0.1, -0.05) is 37.7 Å². The number of hydrogen-bond acceptors (Lipinski definition) is 1. The topological polar surface area (TPSA) is 3.24 Å². The highest BCUT2D eigenvalue weighted by Gasteiger charge is 2.06. The van der Waals surface area contributed by atoms with Crippen LogP contribution in [-0.4, -0.2) is 22.2 Å². The van der Waals surface area contributed by atoms with E-state index in [-0.39, 0.29) is 0 Å². The Kier molecular flexibility index (Phi) is 4.59. The van der Waals surface area contributed by atoms with Crippen molar-refractivity contribution in [3.63, 3.8) is 0 Å². The molecule has 0 unspecified atom stereocenters. The first-order valence-electron chi connectivity index (χ1n) is 5.85. The van der Waals surface area contributed by atoms with Crippen molar-refractivity contribution >= 4 is 19.8 Å². The monoisotopic (exact) mass is 243 g/mol. The van der Waals surface area contributed by atoms with E-state index in [1.54, 1.807) is 0 Å². The van der Waals surface area contributed by atoms with Crippen LogP contribution in [0.15, 0.2) is 30.3 Å². The second-order valence-corrected chi connectivity index (χ2v) is 10.1. The van der Waals surface area contributed by atoms with Crippen molar-refractivity contribution < 1.29 is 0 Å². The highest BCUT2D eigenvalue weighted by Crippen LogP contribution is 2.12. The molecule has 0 heterocycles. The van der Waals surface area contributed by atoms with Gasteiger partial charge in [-0.25, -0.2) is 0 Å². The van der Waals surface area contributed by atoms with Gasteiger partial charge in [0.05, 0.1) is 0 Å². The van der Waals surface area contributed by atoms with Gasteiger partial charge in [-0.15, -0.1) is 5.54 Å². The van der Waals surface area contributed by atoms with E-state index in [1.807, 2.05) is 20.2 Å². The van der Waals surface area contributed by atoms with Crippen LogP contribution in [-0.2, 0) is 0 Å². The highest BCUT2D eigenvalue weighted by molar-refractivity contribution is 6.83. The van der Waals surface area contributed by atoms with Crippen molar-refractivity contribution in [3.8, 4) is 11.5 Å². The number of nitrogens with zero attached hydrogens (tertiary/aromatic N) is 1. The first-order valence-corrected chi connectivity index (χ1v) is 9.35. The lowest BCUT2D eigenvalue weighted by atomic mass is 10.2. The first kappa shape index (κ1) is 13.6. The van der Waals surface area contributed by atoms with E-state index in [1.165, 1.54) is 11.3 Å². The Labute approximate surface area is 106 Å². The Balaban J connectivity index is 2.69. The molecule has 1 aromatic carbocycles. The number of rotatable bonds is 2. The zero-order chi connectivity index (χ0) is 12.9. The maximum Gasteiger partial charge on any atom is 0.129 e. The Morgan fingerprint density at radius 3 is 2.12 bits per heavy atom. The second kappa shape index (κ2) is 5.74. The average molecular weight is 243 g/mol. The molecule has 0 spiro atoms. The summed E-state index contributed by atoms with van der Waals surface area (Å²) < 4.78 is 0. The molecule has 0 fully saturated rings. The van der Waals surface area contributed by atoms with Gasteiger partial charge in [0.2, 0.25) is 0 Å². The molecule has 0 aliphatic carbocycles. The molecule has 1 nitrogen and oxygen atoms in total. The average Bonchev–Trinajstić information content (AvgIpc) is 2.24. The van der Waals surface area contributed by atoms with E-state index in [0.717, 1.165) is 0 Å². The van der Waals surface area contributed by atoms with E-state index in [9.17, 15) is 0 Å². The first-order chi connectivity index (χ1) is 7.88. The summed E-state index contributed by atoms with van der Waals surface area (Å²) in [6.07, 6.45) is 4.01. The summed E-state index contributed by atoms with van der Waals surface area (Å²) in [6, 6.07) is 8.46. The largest absolute Gasteiger partial charge is 0.378 e. The lowest BCUT2D eigenvalue weighted by Gasteiger charge is -2.11. The molecule has 0 atom stereocenters. The Hall–Kier alpha value is -1.46. The minimum absolute atomic E-state index is 1.19. The highest BCUT2D eigenvalue weighted by atomic mass is 28.3. The fraction of sp³-hybridized carbons (Fsp3) is 0.333. The van der Waals surface area contributed by atoms with Gasteiger partial charge in [-0.2, -0.15) is 0 Å². The van der Waals surface area contributed by atoms with Crippen LogP contribution in [0.25, 0.3) is 6.08 Å². The lowest BCUT2D eigenvalue weighted by molar-refractivity contribution is 1.13. The van der Waals surface area contributed by atoms with Crippen LogP contribution in [0.5, 0.6) is 0 Å². The molecule has 2 heteroatoms. The maximum atomic E-state index is 3.32. The van der Waals surface area contributed by atoms with Crippen LogP contribution in [0.1, 0.15) is 5.56 Å². The van der Waals surface area contributed by atoms with Gasteiger partial charge < -0.3 is 4.90 Å². The van der Waals surface area contributed by atoms with Gasteiger partial charge in [0.15, 0.2) is 0 Å². The molecule has 0 N–H and O–H groups in total. The molecule has 0 radical (unpaired) electrons. The van der Waals surface area contributed by atoms with E-state index in [4.69, 9.17) is 0 Å². The van der Waals surface area contributed by atoms with E-state index >= 15 is 0 Å². The summed E-state index contributed by atoms with van der Waals surface area (Å²) in [7, 11) is 2.85. The molecule has 0 saturated carbocycles. The standard InChI is InChI=1S/C15H21NSi/c1-16(2)15-11-9-14(10-12-15)8-6-7-13-17(3,4)5/h6,8-12H,1-5H3. The van der Waals surface area contributed by atoms with Crippen LogP contribution < -0.4 is 4.90 Å². The predicted octanol–water partition coefficient (Wildman–Crippen LogP) is 3.65. The zero-order valence-corrected chi connectivity index (χ0v) is 12.4. The molecule has 1 aromatic rings. The van der Waals surface area contributed by atoms with Crippen LogP contribution in [0.3, 0.4) is 0 Å². The van der Waals surface area contributed by atoms with Gasteiger partial charge >= 0.3 is 0 Å². The van der Waals surface area contributed by atoms with Crippen LogP contribution in [0.4, 0.5) is 5.69 Å². The minimum atomic E-state index is -1.24. The molecule has 0 bridgehead atoms. The third-order valence-electron chi connectivity index (χ3n) is 2.22. The van der Waals surface area contributed by atoms with Crippen LogP contribution in [0.2, 0.25) is 19.6 Å². The van der Waals surface area contributed by atoms with E-state index < -0.39 is 8.07 Å². The fourth-order valence-electron chi connectivity index (χ4n) is 1.28. The Morgan fingerprint density at radius 2 is 1.65 bits per heavy atom. The summed E-state index contributed by atoms with van der Waals surface area (Å²) in [5.41, 5.74) is 5.73. The van der Waals surface area contributed by atoms with Crippen molar-refractivity contribution in [1.82, 2.24) is 0 Å².